The smallest absolute Gasteiger partial charge is 0.321 e. The predicted octanol–water partition coefficient (Wildman–Crippen LogP) is 2.85. The van der Waals surface area contributed by atoms with Crippen LogP contribution in [0.2, 0.25) is 5.02 Å². The van der Waals surface area contributed by atoms with Crippen LogP contribution in [0, 0.1) is 0 Å². The first-order valence-corrected chi connectivity index (χ1v) is 9.33. The molecule has 1 heterocycles. The van der Waals surface area contributed by atoms with Gasteiger partial charge in [-0.05, 0) is 29.8 Å². The van der Waals surface area contributed by atoms with Gasteiger partial charge in [0.1, 0.15) is 0 Å². The average Bonchev–Trinajstić information content (AvgIpc) is 2.68. The van der Waals surface area contributed by atoms with E-state index < -0.39 is 0 Å². The average molecular weight is 387 g/mol. The van der Waals surface area contributed by atoms with E-state index in [-0.39, 0.29) is 18.0 Å². The lowest BCUT2D eigenvalue weighted by Gasteiger charge is -2.33. The molecule has 0 radical (unpaired) electrons. The number of rotatable bonds is 5. The highest BCUT2D eigenvalue weighted by atomic mass is 35.5. The molecule has 1 fully saturated rings. The molecule has 7 heteroatoms. The number of amides is 3. The molecule has 1 atom stereocenters. The van der Waals surface area contributed by atoms with Crippen LogP contribution in [0.3, 0.4) is 0 Å². The van der Waals surface area contributed by atoms with E-state index in [1.54, 1.807) is 17.0 Å². The van der Waals surface area contributed by atoms with Crippen LogP contribution >= 0.6 is 11.6 Å². The van der Waals surface area contributed by atoms with Gasteiger partial charge in [-0.2, -0.15) is 0 Å². The summed E-state index contributed by atoms with van der Waals surface area (Å²) in [6.45, 7) is 2.23. The first-order chi connectivity index (χ1) is 13.1. The summed E-state index contributed by atoms with van der Waals surface area (Å²) >= 11 is 5.86. The van der Waals surface area contributed by atoms with Gasteiger partial charge in [-0.3, -0.25) is 4.79 Å². The summed E-state index contributed by atoms with van der Waals surface area (Å²) in [6, 6.07) is 16.5. The number of hydrogen-bond acceptors (Lipinski definition) is 3. The van der Waals surface area contributed by atoms with E-state index in [0.29, 0.717) is 37.6 Å². The standard InChI is InChI=1S/C20H23ClN4O2/c21-16-8-6-15(7-9-16)13-23-19(26)12-18-14-25(11-10-22-18)20(27)24-17-4-2-1-3-5-17/h1-9,18,22H,10-14H2,(H,23,26)(H,24,27). The molecule has 0 spiro atoms. The number of nitrogens with zero attached hydrogens (tertiary/aromatic N) is 1. The third-order valence-electron chi connectivity index (χ3n) is 4.40. The van der Waals surface area contributed by atoms with Gasteiger partial charge in [-0.15, -0.1) is 0 Å². The molecule has 27 heavy (non-hydrogen) atoms. The van der Waals surface area contributed by atoms with Gasteiger partial charge in [0.05, 0.1) is 0 Å². The fourth-order valence-electron chi connectivity index (χ4n) is 2.97. The molecule has 3 N–H and O–H groups in total. The fraction of sp³-hybridized carbons (Fsp3) is 0.300. The molecule has 1 saturated heterocycles. The van der Waals surface area contributed by atoms with Crippen molar-refractivity contribution in [2.24, 2.45) is 0 Å². The van der Waals surface area contributed by atoms with Crippen molar-refractivity contribution < 1.29 is 9.59 Å². The summed E-state index contributed by atoms with van der Waals surface area (Å²) in [5.41, 5.74) is 1.76. The Kier molecular flexibility index (Phi) is 6.68. The van der Waals surface area contributed by atoms with Gasteiger partial charge in [0.2, 0.25) is 5.91 Å². The van der Waals surface area contributed by atoms with Gasteiger partial charge in [0.15, 0.2) is 0 Å². The molecule has 2 aromatic rings. The summed E-state index contributed by atoms with van der Waals surface area (Å²) in [7, 11) is 0. The van der Waals surface area contributed by atoms with Crippen LogP contribution in [-0.2, 0) is 11.3 Å². The number of hydrogen-bond donors (Lipinski definition) is 3. The number of anilines is 1. The number of halogens is 1. The SMILES string of the molecule is O=C(CC1CN(C(=O)Nc2ccccc2)CCN1)NCc1ccc(Cl)cc1. The van der Waals surface area contributed by atoms with Gasteiger partial charge >= 0.3 is 6.03 Å². The maximum absolute atomic E-state index is 12.4. The van der Waals surface area contributed by atoms with Crippen molar-refractivity contribution >= 4 is 29.2 Å². The summed E-state index contributed by atoms with van der Waals surface area (Å²) < 4.78 is 0. The van der Waals surface area contributed by atoms with Crippen LogP contribution < -0.4 is 16.0 Å². The molecule has 1 aliphatic rings. The normalized spacial score (nSPS) is 16.6. The molecule has 1 unspecified atom stereocenters. The number of carbonyl (C=O) groups is 2. The van der Waals surface area contributed by atoms with E-state index in [1.807, 2.05) is 42.5 Å². The minimum absolute atomic E-state index is 0.0484. The second kappa shape index (κ2) is 9.39. The van der Waals surface area contributed by atoms with E-state index in [1.165, 1.54) is 0 Å². The van der Waals surface area contributed by atoms with Crippen molar-refractivity contribution in [2.75, 3.05) is 25.0 Å². The van der Waals surface area contributed by atoms with Gasteiger partial charge in [-0.1, -0.05) is 41.9 Å². The highest BCUT2D eigenvalue weighted by molar-refractivity contribution is 6.30. The number of carbonyl (C=O) groups excluding carboxylic acids is 2. The van der Waals surface area contributed by atoms with Crippen molar-refractivity contribution in [3.8, 4) is 0 Å². The Labute approximate surface area is 163 Å². The summed E-state index contributed by atoms with van der Waals surface area (Å²) in [5.74, 6) is -0.0484. The minimum atomic E-state index is -0.144. The third-order valence-corrected chi connectivity index (χ3v) is 4.65. The quantitative estimate of drug-likeness (QED) is 0.739. The molecule has 0 aliphatic carbocycles. The van der Waals surface area contributed by atoms with Crippen LogP contribution in [0.15, 0.2) is 54.6 Å². The van der Waals surface area contributed by atoms with Crippen molar-refractivity contribution in [2.45, 2.75) is 19.0 Å². The Morgan fingerprint density at radius 2 is 1.85 bits per heavy atom. The topological polar surface area (TPSA) is 73.5 Å². The number of nitrogens with one attached hydrogen (secondary N) is 3. The largest absolute Gasteiger partial charge is 0.352 e. The number of urea groups is 1. The third kappa shape index (κ3) is 5.98. The maximum Gasteiger partial charge on any atom is 0.321 e. The van der Waals surface area contributed by atoms with Gasteiger partial charge in [0, 0.05) is 49.4 Å². The van der Waals surface area contributed by atoms with E-state index in [0.717, 1.165) is 11.3 Å². The Morgan fingerprint density at radius 3 is 2.59 bits per heavy atom. The van der Waals surface area contributed by atoms with Crippen LogP contribution in [0.5, 0.6) is 0 Å². The minimum Gasteiger partial charge on any atom is -0.352 e. The van der Waals surface area contributed by atoms with E-state index in [2.05, 4.69) is 16.0 Å². The second-order valence-electron chi connectivity index (χ2n) is 6.50. The van der Waals surface area contributed by atoms with Crippen molar-refractivity contribution in [3.05, 3.63) is 65.2 Å². The first-order valence-electron chi connectivity index (χ1n) is 8.95. The Morgan fingerprint density at radius 1 is 1.11 bits per heavy atom. The summed E-state index contributed by atoms with van der Waals surface area (Å²) in [4.78, 5) is 26.4. The monoisotopic (exact) mass is 386 g/mol. The molecule has 0 aromatic heterocycles. The molecule has 1 aliphatic heterocycles. The van der Waals surface area contributed by atoms with E-state index >= 15 is 0 Å². The Hall–Kier alpha value is -2.57. The Balaban J connectivity index is 1.45. The molecule has 6 nitrogen and oxygen atoms in total. The lowest BCUT2D eigenvalue weighted by molar-refractivity contribution is -0.121. The van der Waals surface area contributed by atoms with Crippen molar-refractivity contribution in [3.63, 3.8) is 0 Å². The molecular formula is C20H23ClN4O2. The van der Waals surface area contributed by atoms with E-state index in [9.17, 15) is 9.59 Å². The molecule has 3 amide bonds. The molecule has 0 bridgehead atoms. The fourth-order valence-corrected chi connectivity index (χ4v) is 3.10. The zero-order valence-corrected chi connectivity index (χ0v) is 15.7. The zero-order valence-electron chi connectivity index (χ0n) is 15.0. The highest BCUT2D eigenvalue weighted by Crippen LogP contribution is 2.11. The van der Waals surface area contributed by atoms with Crippen molar-refractivity contribution in [1.82, 2.24) is 15.5 Å². The summed E-state index contributed by atoms with van der Waals surface area (Å²) in [6.07, 6.45) is 0.322. The van der Waals surface area contributed by atoms with Crippen LogP contribution in [0.25, 0.3) is 0 Å². The number of para-hydroxylation sites is 1. The molecular weight excluding hydrogens is 364 g/mol. The zero-order chi connectivity index (χ0) is 19.1. The van der Waals surface area contributed by atoms with Crippen molar-refractivity contribution in [1.29, 1.82) is 0 Å². The molecule has 142 valence electrons. The Bertz CT molecular complexity index is 767. The van der Waals surface area contributed by atoms with Crippen LogP contribution in [-0.4, -0.2) is 42.5 Å². The first kappa shape index (κ1) is 19.2. The maximum atomic E-state index is 12.4. The van der Waals surface area contributed by atoms with Crippen LogP contribution in [0.4, 0.5) is 10.5 Å². The summed E-state index contributed by atoms with van der Waals surface area (Å²) in [5, 5.41) is 9.77. The van der Waals surface area contributed by atoms with Gasteiger partial charge in [0.25, 0.3) is 0 Å². The van der Waals surface area contributed by atoms with Gasteiger partial charge < -0.3 is 20.9 Å². The molecule has 0 saturated carbocycles. The molecule has 2 aromatic carbocycles. The second-order valence-corrected chi connectivity index (χ2v) is 6.94. The molecule has 3 rings (SSSR count). The lowest BCUT2D eigenvalue weighted by atomic mass is 10.1. The highest BCUT2D eigenvalue weighted by Gasteiger charge is 2.24. The number of piperazine rings is 1. The predicted molar refractivity (Wildman–Crippen MR) is 107 cm³/mol. The van der Waals surface area contributed by atoms with E-state index in [4.69, 9.17) is 11.6 Å². The number of benzene rings is 2. The lowest BCUT2D eigenvalue weighted by Crippen LogP contribution is -2.54. The van der Waals surface area contributed by atoms with Crippen LogP contribution in [0.1, 0.15) is 12.0 Å². The van der Waals surface area contributed by atoms with Gasteiger partial charge in [-0.25, -0.2) is 4.79 Å².